The van der Waals surface area contributed by atoms with E-state index in [0.717, 1.165) is 0 Å². The Labute approximate surface area is 127 Å². The summed E-state index contributed by atoms with van der Waals surface area (Å²) in [4.78, 5) is 23.6. The third-order valence-corrected chi connectivity index (χ3v) is 2.65. The molecule has 0 saturated heterocycles. The molecular formula is C14H20F2N4O2. The van der Waals surface area contributed by atoms with E-state index in [9.17, 15) is 18.4 Å². The van der Waals surface area contributed by atoms with Gasteiger partial charge in [-0.25, -0.2) is 13.6 Å². The molecule has 0 radical (unpaired) electrons. The first-order valence-corrected chi connectivity index (χ1v) is 6.78. The number of alkyl halides is 2. The Morgan fingerprint density at radius 2 is 1.91 bits per heavy atom. The zero-order chi connectivity index (χ0) is 16.8. The normalized spacial score (nSPS) is 11.2. The number of benzene rings is 1. The predicted octanol–water partition coefficient (Wildman–Crippen LogP) is 1.54. The van der Waals surface area contributed by atoms with Crippen LogP contribution in [0.5, 0.6) is 0 Å². The van der Waals surface area contributed by atoms with Crippen LogP contribution >= 0.6 is 0 Å². The Morgan fingerprint density at radius 1 is 1.27 bits per heavy atom. The summed E-state index contributed by atoms with van der Waals surface area (Å²) in [6.45, 7) is 1.85. The van der Waals surface area contributed by atoms with Gasteiger partial charge >= 0.3 is 6.03 Å². The minimum Gasteiger partial charge on any atom is -0.346 e. The first kappa shape index (κ1) is 17.8. The first-order valence-electron chi connectivity index (χ1n) is 6.78. The Morgan fingerprint density at radius 3 is 2.50 bits per heavy atom. The SMILES string of the molecule is CC(C)NC(=O)Nc1ccccc1C(=O)NCC(F)(F)CN. The van der Waals surface area contributed by atoms with Crippen LogP contribution in [0.3, 0.4) is 0 Å². The van der Waals surface area contributed by atoms with E-state index in [1.54, 1.807) is 26.0 Å². The fraction of sp³-hybridized carbons (Fsp3) is 0.429. The van der Waals surface area contributed by atoms with Crippen molar-refractivity contribution in [3.8, 4) is 0 Å². The van der Waals surface area contributed by atoms with Crippen LogP contribution in [0.15, 0.2) is 24.3 Å². The van der Waals surface area contributed by atoms with Crippen molar-refractivity contribution < 1.29 is 18.4 Å². The van der Waals surface area contributed by atoms with E-state index in [-0.39, 0.29) is 17.3 Å². The molecule has 22 heavy (non-hydrogen) atoms. The van der Waals surface area contributed by atoms with Crippen LogP contribution in [-0.2, 0) is 0 Å². The molecule has 0 aliphatic heterocycles. The van der Waals surface area contributed by atoms with E-state index >= 15 is 0 Å². The monoisotopic (exact) mass is 314 g/mol. The summed E-state index contributed by atoms with van der Waals surface area (Å²) in [6, 6.07) is 5.57. The molecule has 0 atom stereocenters. The Balaban J connectivity index is 2.78. The number of amides is 3. The van der Waals surface area contributed by atoms with Gasteiger partial charge < -0.3 is 21.7 Å². The number of para-hydroxylation sites is 1. The molecule has 0 unspecified atom stereocenters. The summed E-state index contributed by atoms with van der Waals surface area (Å²) in [6.07, 6.45) is 0. The fourth-order valence-corrected chi connectivity index (χ4v) is 1.59. The number of nitrogens with two attached hydrogens (primary N) is 1. The minimum atomic E-state index is -3.17. The molecule has 5 N–H and O–H groups in total. The zero-order valence-corrected chi connectivity index (χ0v) is 12.5. The highest BCUT2D eigenvalue weighted by Crippen LogP contribution is 2.16. The lowest BCUT2D eigenvalue weighted by Gasteiger charge is -2.16. The van der Waals surface area contributed by atoms with Crippen molar-refractivity contribution in [3.05, 3.63) is 29.8 Å². The van der Waals surface area contributed by atoms with Crippen molar-refractivity contribution in [2.24, 2.45) is 5.73 Å². The Kier molecular flexibility index (Phi) is 6.24. The lowest BCUT2D eigenvalue weighted by Crippen LogP contribution is -2.41. The summed E-state index contributed by atoms with van der Waals surface area (Å²) in [5, 5.41) is 7.22. The van der Waals surface area contributed by atoms with Gasteiger partial charge in [0.05, 0.1) is 24.3 Å². The summed E-state index contributed by atoms with van der Waals surface area (Å²) in [5.41, 5.74) is 5.23. The van der Waals surface area contributed by atoms with Gasteiger partial charge in [-0.15, -0.1) is 0 Å². The molecule has 0 saturated carbocycles. The number of carbonyl (C=O) groups is 2. The highest BCUT2D eigenvalue weighted by atomic mass is 19.3. The molecule has 8 heteroatoms. The van der Waals surface area contributed by atoms with E-state index in [4.69, 9.17) is 5.73 Å². The number of halogens is 2. The van der Waals surface area contributed by atoms with Crippen molar-refractivity contribution in [3.63, 3.8) is 0 Å². The predicted molar refractivity (Wildman–Crippen MR) is 80.1 cm³/mol. The van der Waals surface area contributed by atoms with Crippen LogP contribution in [0.4, 0.5) is 19.3 Å². The molecule has 6 nitrogen and oxygen atoms in total. The summed E-state index contributed by atoms with van der Waals surface area (Å²) < 4.78 is 26.1. The van der Waals surface area contributed by atoms with Gasteiger partial charge in [0, 0.05) is 6.04 Å². The number of carbonyl (C=O) groups excluding carboxylic acids is 2. The maximum absolute atomic E-state index is 13.1. The summed E-state index contributed by atoms with van der Waals surface area (Å²) >= 11 is 0. The van der Waals surface area contributed by atoms with Crippen LogP contribution in [0, 0.1) is 0 Å². The summed E-state index contributed by atoms with van der Waals surface area (Å²) in [5.74, 6) is -3.89. The second-order valence-corrected chi connectivity index (χ2v) is 5.04. The first-order chi connectivity index (χ1) is 10.2. The average Bonchev–Trinajstić information content (AvgIpc) is 2.44. The van der Waals surface area contributed by atoms with Gasteiger partial charge in [0.2, 0.25) is 0 Å². The van der Waals surface area contributed by atoms with E-state index in [1.807, 2.05) is 0 Å². The number of hydrogen-bond acceptors (Lipinski definition) is 3. The molecule has 1 aromatic rings. The molecule has 1 aromatic carbocycles. The Hall–Kier alpha value is -2.22. The van der Waals surface area contributed by atoms with E-state index < -0.39 is 31.0 Å². The van der Waals surface area contributed by atoms with Gasteiger partial charge in [-0.2, -0.15) is 0 Å². The smallest absolute Gasteiger partial charge is 0.319 e. The van der Waals surface area contributed by atoms with Gasteiger partial charge in [-0.3, -0.25) is 4.79 Å². The number of urea groups is 1. The zero-order valence-electron chi connectivity index (χ0n) is 12.5. The molecule has 0 fully saturated rings. The van der Waals surface area contributed by atoms with E-state index in [0.29, 0.717) is 0 Å². The third kappa shape index (κ3) is 5.65. The fourth-order valence-electron chi connectivity index (χ4n) is 1.59. The molecule has 0 aromatic heterocycles. The largest absolute Gasteiger partial charge is 0.346 e. The maximum Gasteiger partial charge on any atom is 0.319 e. The highest BCUT2D eigenvalue weighted by Gasteiger charge is 2.27. The number of nitrogens with one attached hydrogen (secondary N) is 3. The second-order valence-electron chi connectivity index (χ2n) is 5.04. The van der Waals surface area contributed by atoms with Gasteiger partial charge in [-0.05, 0) is 26.0 Å². The van der Waals surface area contributed by atoms with Crippen molar-refractivity contribution in [2.75, 3.05) is 18.4 Å². The van der Waals surface area contributed by atoms with Gasteiger partial charge in [0.1, 0.15) is 0 Å². The number of anilines is 1. The average molecular weight is 314 g/mol. The standard InChI is InChI=1S/C14H20F2N4O2/c1-9(2)19-13(22)20-11-6-4-3-5-10(11)12(21)18-8-14(15,16)7-17/h3-6,9H,7-8,17H2,1-2H3,(H,18,21)(H2,19,20,22). The van der Waals surface area contributed by atoms with Crippen molar-refractivity contribution in [1.29, 1.82) is 0 Å². The van der Waals surface area contributed by atoms with Gasteiger partial charge in [-0.1, -0.05) is 12.1 Å². The van der Waals surface area contributed by atoms with Gasteiger partial charge in [0.15, 0.2) is 0 Å². The van der Waals surface area contributed by atoms with Crippen LogP contribution in [0.1, 0.15) is 24.2 Å². The molecule has 0 aliphatic rings. The van der Waals surface area contributed by atoms with Crippen LogP contribution < -0.4 is 21.7 Å². The molecule has 0 heterocycles. The van der Waals surface area contributed by atoms with Crippen LogP contribution in [0.25, 0.3) is 0 Å². The third-order valence-electron chi connectivity index (χ3n) is 2.65. The lowest BCUT2D eigenvalue weighted by molar-refractivity contribution is 0.0119. The van der Waals surface area contributed by atoms with Crippen LogP contribution in [0.2, 0.25) is 0 Å². The van der Waals surface area contributed by atoms with E-state index in [1.165, 1.54) is 12.1 Å². The molecular weight excluding hydrogens is 294 g/mol. The second kappa shape index (κ2) is 7.69. The molecule has 3 amide bonds. The van der Waals surface area contributed by atoms with Crippen LogP contribution in [-0.4, -0.2) is 37.0 Å². The number of hydrogen-bond donors (Lipinski definition) is 4. The number of rotatable bonds is 6. The van der Waals surface area contributed by atoms with Crippen molar-refractivity contribution in [2.45, 2.75) is 25.8 Å². The topological polar surface area (TPSA) is 96.2 Å². The Bertz CT molecular complexity index is 535. The summed E-state index contributed by atoms with van der Waals surface area (Å²) in [7, 11) is 0. The quantitative estimate of drug-likeness (QED) is 0.641. The van der Waals surface area contributed by atoms with Crippen molar-refractivity contribution in [1.82, 2.24) is 10.6 Å². The maximum atomic E-state index is 13.1. The van der Waals surface area contributed by atoms with E-state index in [2.05, 4.69) is 16.0 Å². The molecule has 122 valence electrons. The minimum absolute atomic E-state index is 0.0794. The molecule has 1 rings (SSSR count). The molecule has 0 spiro atoms. The molecule has 0 aliphatic carbocycles. The van der Waals surface area contributed by atoms with Gasteiger partial charge in [0.25, 0.3) is 11.8 Å². The molecule has 0 bridgehead atoms. The highest BCUT2D eigenvalue weighted by molar-refractivity contribution is 6.03. The lowest BCUT2D eigenvalue weighted by atomic mass is 10.1. The van der Waals surface area contributed by atoms with Crippen molar-refractivity contribution >= 4 is 17.6 Å².